The van der Waals surface area contributed by atoms with Gasteiger partial charge in [-0.15, -0.1) is 0 Å². The maximum absolute atomic E-state index is 10.2. The molecule has 0 heterocycles. The highest BCUT2D eigenvalue weighted by Gasteiger charge is 1.92. The first-order valence-corrected chi connectivity index (χ1v) is 4.80. The molecule has 3 nitrogen and oxygen atoms in total. The zero-order valence-corrected chi connectivity index (χ0v) is 8.39. The quantitative estimate of drug-likeness (QED) is 0.771. The van der Waals surface area contributed by atoms with Crippen LogP contribution in [0, 0.1) is 0 Å². The van der Waals surface area contributed by atoms with E-state index in [9.17, 15) is 4.79 Å². The van der Waals surface area contributed by atoms with Gasteiger partial charge in [-0.1, -0.05) is 36.4 Å². The molecule has 1 rings (SSSR count). The van der Waals surface area contributed by atoms with E-state index < -0.39 is 5.97 Å². The number of benzene rings is 1. The summed E-state index contributed by atoms with van der Waals surface area (Å²) in [5.74, 6) is -0.830. The summed E-state index contributed by atoms with van der Waals surface area (Å²) in [6.45, 7) is 0.147. The molecule has 0 atom stereocenters. The lowest BCUT2D eigenvalue weighted by molar-refractivity contribution is -0.135. The highest BCUT2D eigenvalue weighted by atomic mass is 16.4. The van der Waals surface area contributed by atoms with Gasteiger partial charge >= 0.3 is 5.97 Å². The van der Waals surface area contributed by atoms with E-state index in [1.807, 2.05) is 24.3 Å². The second kappa shape index (κ2) is 5.98. The van der Waals surface area contributed by atoms with Crippen LogP contribution in [-0.4, -0.2) is 22.8 Å². The van der Waals surface area contributed by atoms with Crippen molar-refractivity contribution in [2.24, 2.45) is 0 Å². The van der Waals surface area contributed by atoms with Crippen molar-refractivity contribution in [3.8, 4) is 0 Å². The standard InChI is InChI=1S/C12H14O3/c13-9-8-11-6-4-10(5-7-11)2-1-3-12(14)15/h1-2,4-7,13H,3,8-9H2,(H,14,15). The van der Waals surface area contributed by atoms with Gasteiger partial charge in [0.25, 0.3) is 0 Å². The van der Waals surface area contributed by atoms with Gasteiger partial charge in [-0.2, -0.15) is 0 Å². The van der Waals surface area contributed by atoms with Gasteiger partial charge in [-0.3, -0.25) is 4.79 Å². The molecule has 0 spiro atoms. The van der Waals surface area contributed by atoms with E-state index in [1.165, 1.54) is 0 Å². The van der Waals surface area contributed by atoms with Crippen LogP contribution in [0.15, 0.2) is 30.3 Å². The Morgan fingerprint density at radius 1 is 1.27 bits per heavy atom. The van der Waals surface area contributed by atoms with Crippen LogP contribution in [0.5, 0.6) is 0 Å². The van der Waals surface area contributed by atoms with Crippen molar-refractivity contribution in [3.05, 3.63) is 41.5 Å². The fourth-order valence-corrected chi connectivity index (χ4v) is 1.22. The molecule has 0 bridgehead atoms. The van der Waals surface area contributed by atoms with Crippen LogP contribution in [-0.2, 0) is 11.2 Å². The summed E-state index contributed by atoms with van der Waals surface area (Å²) >= 11 is 0. The first-order chi connectivity index (χ1) is 7.22. The van der Waals surface area contributed by atoms with Crippen LogP contribution in [0.2, 0.25) is 0 Å². The lowest BCUT2D eigenvalue weighted by Crippen LogP contribution is -1.90. The molecule has 15 heavy (non-hydrogen) atoms. The molecule has 0 aliphatic heterocycles. The molecule has 1 aromatic rings. The minimum Gasteiger partial charge on any atom is -0.481 e. The number of hydrogen-bond donors (Lipinski definition) is 2. The largest absolute Gasteiger partial charge is 0.481 e. The second-order valence-electron chi connectivity index (χ2n) is 3.22. The predicted molar refractivity (Wildman–Crippen MR) is 58.5 cm³/mol. The lowest BCUT2D eigenvalue weighted by Gasteiger charge is -1.98. The summed E-state index contributed by atoms with van der Waals surface area (Å²) in [5.41, 5.74) is 2.05. The van der Waals surface area contributed by atoms with Crippen LogP contribution in [0.4, 0.5) is 0 Å². The number of carboxylic acids is 1. The van der Waals surface area contributed by atoms with E-state index in [-0.39, 0.29) is 13.0 Å². The third kappa shape index (κ3) is 4.42. The Kier molecular flexibility index (Phi) is 4.57. The molecule has 0 amide bonds. The summed E-state index contributed by atoms with van der Waals surface area (Å²) in [5, 5.41) is 17.1. The van der Waals surface area contributed by atoms with E-state index in [0.29, 0.717) is 6.42 Å². The average Bonchev–Trinajstić information content (AvgIpc) is 2.20. The topological polar surface area (TPSA) is 57.5 Å². The monoisotopic (exact) mass is 206 g/mol. The predicted octanol–water partition coefficient (Wildman–Crippen LogP) is 1.71. The average molecular weight is 206 g/mol. The molecule has 0 radical (unpaired) electrons. The molecule has 0 aliphatic carbocycles. The van der Waals surface area contributed by atoms with Gasteiger partial charge in [0, 0.05) is 6.61 Å². The molecule has 3 heteroatoms. The first-order valence-electron chi connectivity index (χ1n) is 4.80. The fourth-order valence-electron chi connectivity index (χ4n) is 1.22. The van der Waals surface area contributed by atoms with Gasteiger partial charge in [0.05, 0.1) is 6.42 Å². The van der Waals surface area contributed by atoms with Crippen molar-refractivity contribution in [1.82, 2.24) is 0 Å². The zero-order valence-electron chi connectivity index (χ0n) is 8.39. The minimum atomic E-state index is -0.830. The number of rotatable bonds is 5. The summed E-state index contributed by atoms with van der Waals surface area (Å²) in [6.07, 6.45) is 4.08. The molecule has 0 saturated carbocycles. The molecule has 0 aromatic heterocycles. The van der Waals surface area contributed by atoms with Gasteiger partial charge in [0.2, 0.25) is 0 Å². The minimum absolute atomic E-state index is 0.0401. The van der Waals surface area contributed by atoms with Gasteiger partial charge in [-0.25, -0.2) is 0 Å². The number of hydrogen-bond acceptors (Lipinski definition) is 2. The van der Waals surface area contributed by atoms with Gasteiger partial charge in [0.1, 0.15) is 0 Å². The van der Waals surface area contributed by atoms with Crippen LogP contribution in [0.1, 0.15) is 17.5 Å². The number of carboxylic acid groups (broad SMARTS) is 1. The van der Waals surface area contributed by atoms with E-state index in [0.717, 1.165) is 11.1 Å². The Labute approximate surface area is 88.7 Å². The maximum atomic E-state index is 10.2. The molecule has 0 fully saturated rings. The molecule has 0 unspecified atom stereocenters. The Morgan fingerprint density at radius 3 is 2.47 bits per heavy atom. The maximum Gasteiger partial charge on any atom is 0.307 e. The van der Waals surface area contributed by atoms with Crippen molar-refractivity contribution in [2.75, 3.05) is 6.61 Å². The third-order valence-electron chi connectivity index (χ3n) is 1.98. The van der Waals surface area contributed by atoms with Crippen molar-refractivity contribution in [3.63, 3.8) is 0 Å². The smallest absolute Gasteiger partial charge is 0.307 e. The zero-order chi connectivity index (χ0) is 11.1. The number of aliphatic carboxylic acids is 1. The molecule has 0 saturated heterocycles. The Balaban J connectivity index is 2.56. The normalized spacial score (nSPS) is 10.7. The summed E-state index contributed by atoms with van der Waals surface area (Å²) in [4.78, 5) is 10.2. The SMILES string of the molecule is O=C(O)CC=Cc1ccc(CCO)cc1. The van der Waals surface area contributed by atoms with E-state index >= 15 is 0 Å². The van der Waals surface area contributed by atoms with E-state index in [1.54, 1.807) is 12.2 Å². The Morgan fingerprint density at radius 2 is 1.93 bits per heavy atom. The van der Waals surface area contributed by atoms with Gasteiger partial charge < -0.3 is 10.2 Å². The Hall–Kier alpha value is -1.61. The highest BCUT2D eigenvalue weighted by Crippen LogP contribution is 2.07. The van der Waals surface area contributed by atoms with Crippen LogP contribution < -0.4 is 0 Å². The van der Waals surface area contributed by atoms with Crippen molar-refractivity contribution in [2.45, 2.75) is 12.8 Å². The summed E-state index contributed by atoms with van der Waals surface area (Å²) < 4.78 is 0. The van der Waals surface area contributed by atoms with Crippen LogP contribution >= 0.6 is 0 Å². The molecule has 1 aromatic carbocycles. The van der Waals surface area contributed by atoms with Crippen molar-refractivity contribution in [1.29, 1.82) is 0 Å². The highest BCUT2D eigenvalue weighted by molar-refractivity contribution is 5.70. The summed E-state index contributed by atoms with van der Waals surface area (Å²) in [6, 6.07) is 7.67. The molecular weight excluding hydrogens is 192 g/mol. The number of aliphatic hydroxyl groups is 1. The number of aliphatic hydroxyl groups excluding tert-OH is 1. The van der Waals surface area contributed by atoms with Gasteiger partial charge in [-0.05, 0) is 17.5 Å². The molecule has 0 aliphatic rings. The fraction of sp³-hybridized carbons (Fsp3) is 0.250. The molecule has 2 N–H and O–H groups in total. The van der Waals surface area contributed by atoms with Crippen molar-refractivity contribution < 1.29 is 15.0 Å². The van der Waals surface area contributed by atoms with Crippen molar-refractivity contribution >= 4 is 12.0 Å². The lowest BCUT2D eigenvalue weighted by atomic mass is 10.1. The van der Waals surface area contributed by atoms with Crippen LogP contribution in [0.3, 0.4) is 0 Å². The van der Waals surface area contributed by atoms with E-state index in [4.69, 9.17) is 10.2 Å². The van der Waals surface area contributed by atoms with E-state index in [2.05, 4.69) is 0 Å². The van der Waals surface area contributed by atoms with Crippen LogP contribution in [0.25, 0.3) is 6.08 Å². The summed E-state index contributed by atoms with van der Waals surface area (Å²) in [7, 11) is 0. The third-order valence-corrected chi connectivity index (χ3v) is 1.98. The van der Waals surface area contributed by atoms with Gasteiger partial charge in [0.15, 0.2) is 0 Å². The second-order valence-corrected chi connectivity index (χ2v) is 3.22. The number of carbonyl (C=O) groups is 1. The molecule has 80 valence electrons. The first kappa shape index (κ1) is 11.5. The Bertz CT molecular complexity index is 338. The molecular formula is C12H14O3.